The number of halogens is 2. The van der Waals surface area contributed by atoms with Gasteiger partial charge in [-0.15, -0.1) is 0 Å². The average molecular weight is 332 g/mol. The summed E-state index contributed by atoms with van der Waals surface area (Å²) in [4.78, 5) is 10.5. The van der Waals surface area contributed by atoms with Crippen LogP contribution in [0.25, 0.3) is 0 Å². The van der Waals surface area contributed by atoms with E-state index in [2.05, 4.69) is 10.4 Å². The molecule has 8 heteroatoms. The Morgan fingerprint density at radius 1 is 1.43 bits per heavy atom. The van der Waals surface area contributed by atoms with Crippen LogP contribution in [0.3, 0.4) is 0 Å². The highest BCUT2D eigenvalue weighted by Gasteiger charge is 2.60. The molecule has 2 aliphatic rings. The van der Waals surface area contributed by atoms with Crippen molar-refractivity contribution in [1.29, 1.82) is 0 Å². The van der Waals surface area contributed by atoms with Crippen molar-refractivity contribution in [2.75, 3.05) is 13.2 Å². The molecule has 2 fully saturated rings. The number of ether oxygens (including phenoxy) is 1. The average Bonchev–Trinajstić information content (AvgIpc) is 2.40. The minimum atomic E-state index is -1.66. The van der Waals surface area contributed by atoms with Crippen LogP contribution in [0.2, 0.25) is 0 Å². The molecule has 2 aliphatic heterocycles. The van der Waals surface area contributed by atoms with E-state index in [0.717, 1.165) is 6.07 Å². The third kappa shape index (κ3) is 2.14. The second-order valence-corrected chi connectivity index (χ2v) is 7.73. The van der Waals surface area contributed by atoms with Gasteiger partial charge in [0.05, 0.1) is 11.8 Å². The fourth-order valence-electron chi connectivity index (χ4n) is 3.03. The monoisotopic (exact) mass is 332 g/mol. The summed E-state index contributed by atoms with van der Waals surface area (Å²) >= 11 is 5.12. The summed E-state index contributed by atoms with van der Waals surface area (Å²) in [6, 6.07) is 3.43. The molecule has 4 nitrogen and oxygen atoms in total. The summed E-state index contributed by atoms with van der Waals surface area (Å²) in [5, 5.41) is 5.47. The zero-order chi connectivity index (χ0) is 15.3. The third-order valence-corrected chi connectivity index (χ3v) is 6.70. The molecule has 0 radical (unpaired) electrons. The van der Waals surface area contributed by atoms with Crippen LogP contribution in [0.4, 0.5) is 8.78 Å². The molecule has 3 atom stereocenters. The standard InChI is InChI=1S/C13H15F2N2O2PS/c1-12-4-5-19-7-13(12,16-11(21)17-20(12)18)9-3-2-8(14)6-10(9)15/h2-3,6,18H,4-5,7H2,1H3,(H2,16,17,21). The lowest BCUT2D eigenvalue weighted by Gasteiger charge is -2.57. The molecule has 114 valence electrons. The van der Waals surface area contributed by atoms with Gasteiger partial charge in [-0.1, -0.05) is 6.07 Å². The Kier molecular flexibility index (Phi) is 3.64. The number of fused-ring (bicyclic) bond motifs is 1. The normalized spacial score (nSPS) is 35.6. The van der Waals surface area contributed by atoms with Gasteiger partial charge in [-0.25, -0.2) is 8.78 Å². The van der Waals surface area contributed by atoms with Crippen molar-refractivity contribution in [3.8, 4) is 0 Å². The second-order valence-electron chi connectivity index (χ2n) is 5.48. The van der Waals surface area contributed by atoms with Gasteiger partial charge < -0.3 is 20.0 Å². The number of nitrogens with one attached hydrogen (secondary N) is 2. The summed E-state index contributed by atoms with van der Waals surface area (Å²) in [5.41, 5.74) is -0.747. The van der Waals surface area contributed by atoms with Crippen molar-refractivity contribution in [1.82, 2.24) is 10.4 Å². The van der Waals surface area contributed by atoms with E-state index in [0.29, 0.717) is 13.0 Å². The van der Waals surface area contributed by atoms with E-state index in [1.807, 2.05) is 6.92 Å². The maximum absolute atomic E-state index is 14.4. The lowest BCUT2D eigenvalue weighted by Crippen LogP contribution is -2.70. The zero-order valence-electron chi connectivity index (χ0n) is 11.3. The quantitative estimate of drug-likeness (QED) is 0.543. The molecule has 1 aromatic carbocycles. The maximum Gasteiger partial charge on any atom is 0.172 e. The van der Waals surface area contributed by atoms with Crippen LogP contribution >= 0.6 is 20.5 Å². The fourth-order valence-corrected chi connectivity index (χ4v) is 4.87. The molecular formula is C13H15F2N2O2PS. The van der Waals surface area contributed by atoms with Crippen LogP contribution in [0.1, 0.15) is 18.9 Å². The highest BCUT2D eigenvalue weighted by Crippen LogP contribution is 2.59. The van der Waals surface area contributed by atoms with Crippen LogP contribution in [-0.2, 0) is 10.3 Å². The lowest BCUT2D eigenvalue weighted by molar-refractivity contribution is -0.00219. The predicted octanol–water partition coefficient (Wildman–Crippen LogP) is 2.12. The highest BCUT2D eigenvalue weighted by molar-refractivity contribution is 7.81. The van der Waals surface area contributed by atoms with Crippen LogP contribution in [0.15, 0.2) is 18.2 Å². The summed E-state index contributed by atoms with van der Waals surface area (Å²) in [6.07, 6.45) is 0.536. The highest BCUT2D eigenvalue weighted by atomic mass is 32.1. The van der Waals surface area contributed by atoms with E-state index >= 15 is 0 Å². The molecule has 3 N–H and O–H groups in total. The van der Waals surface area contributed by atoms with Crippen molar-refractivity contribution in [2.24, 2.45) is 0 Å². The summed E-state index contributed by atoms with van der Waals surface area (Å²) < 4.78 is 33.1. The second kappa shape index (κ2) is 5.09. The Labute approximate surface area is 127 Å². The molecular weight excluding hydrogens is 317 g/mol. The van der Waals surface area contributed by atoms with E-state index in [4.69, 9.17) is 17.0 Å². The Morgan fingerprint density at radius 3 is 2.90 bits per heavy atom. The molecule has 21 heavy (non-hydrogen) atoms. The Morgan fingerprint density at radius 2 is 2.19 bits per heavy atom. The fraction of sp³-hybridized carbons (Fsp3) is 0.462. The Balaban J connectivity index is 2.19. The van der Waals surface area contributed by atoms with Crippen molar-refractivity contribution in [3.05, 3.63) is 35.4 Å². The summed E-state index contributed by atoms with van der Waals surface area (Å²) in [6.45, 7) is 2.50. The van der Waals surface area contributed by atoms with E-state index in [1.165, 1.54) is 12.1 Å². The lowest BCUT2D eigenvalue weighted by atomic mass is 9.75. The molecule has 3 rings (SSSR count). The van der Waals surface area contributed by atoms with Gasteiger partial charge in [-0.05, 0) is 31.6 Å². The van der Waals surface area contributed by atoms with Crippen molar-refractivity contribution >= 4 is 25.6 Å². The zero-order valence-corrected chi connectivity index (χ0v) is 13.0. The van der Waals surface area contributed by atoms with E-state index in [-0.39, 0.29) is 17.3 Å². The minimum Gasteiger partial charge on any atom is -0.379 e. The van der Waals surface area contributed by atoms with Gasteiger partial charge in [0.1, 0.15) is 25.5 Å². The number of thiocarbonyl (C=S) groups is 1. The molecule has 0 spiro atoms. The number of hydrogen-bond acceptors (Lipinski definition) is 3. The molecule has 1 aromatic rings. The van der Waals surface area contributed by atoms with Crippen LogP contribution in [0, 0.1) is 11.6 Å². The molecule has 2 saturated heterocycles. The molecule has 0 aromatic heterocycles. The summed E-state index contributed by atoms with van der Waals surface area (Å²) in [5.74, 6) is -1.32. The van der Waals surface area contributed by atoms with E-state index in [9.17, 15) is 13.7 Å². The molecule has 3 unspecified atom stereocenters. The van der Waals surface area contributed by atoms with Gasteiger partial charge in [-0.3, -0.25) is 0 Å². The first-order valence-corrected chi connectivity index (χ1v) is 8.20. The molecule has 0 aliphatic carbocycles. The van der Waals surface area contributed by atoms with Crippen LogP contribution in [0.5, 0.6) is 0 Å². The molecule has 0 amide bonds. The van der Waals surface area contributed by atoms with Gasteiger partial charge in [0.25, 0.3) is 0 Å². The van der Waals surface area contributed by atoms with Gasteiger partial charge in [-0.2, -0.15) is 0 Å². The first-order valence-electron chi connectivity index (χ1n) is 6.50. The van der Waals surface area contributed by atoms with Crippen molar-refractivity contribution < 1.29 is 18.4 Å². The van der Waals surface area contributed by atoms with E-state index in [1.54, 1.807) is 0 Å². The Hall–Kier alpha value is -0.880. The van der Waals surface area contributed by atoms with Crippen LogP contribution in [-0.4, -0.2) is 28.4 Å². The van der Waals surface area contributed by atoms with Gasteiger partial charge in [0.2, 0.25) is 0 Å². The van der Waals surface area contributed by atoms with Gasteiger partial charge >= 0.3 is 0 Å². The van der Waals surface area contributed by atoms with E-state index < -0.39 is 30.6 Å². The topological polar surface area (TPSA) is 53.5 Å². The van der Waals surface area contributed by atoms with Gasteiger partial charge in [0.15, 0.2) is 5.11 Å². The number of rotatable bonds is 1. The molecule has 2 heterocycles. The molecule has 0 bridgehead atoms. The SMILES string of the molecule is CC12CCOCC1(c1ccc(F)cc1F)NC(=S)NP2O. The third-order valence-electron chi connectivity index (χ3n) is 4.36. The first-order chi connectivity index (χ1) is 9.89. The largest absolute Gasteiger partial charge is 0.379 e. The maximum atomic E-state index is 14.4. The van der Waals surface area contributed by atoms with Gasteiger partial charge in [0, 0.05) is 18.2 Å². The first kappa shape index (κ1) is 15.0. The smallest absolute Gasteiger partial charge is 0.172 e. The molecule has 0 saturated carbocycles. The number of hydrogen-bond donors (Lipinski definition) is 3. The van der Waals surface area contributed by atoms with Crippen molar-refractivity contribution in [3.63, 3.8) is 0 Å². The van der Waals surface area contributed by atoms with Crippen molar-refractivity contribution in [2.45, 2.75) is 24.0 Å². The summed E-state index contributed by atoms with van der Waals surface area (Å²) in [7, 11) is -1.66. The minimum absolute atomic E-state index is 0.160. The Bertz CT molecular complexity index is 606. The predicted molar refractivity (Wildman–Crippen MR) is 79.9 cm³/mol. The number of benzene rings is 1. The van der Waals surface area contributed by atoms with Crippen LogP contribution < -0.4 is 10.4 Å².